The van der Waals surface area contributed by atoms with Crippen molar-refractivity contribution in [3.05, 3.63) is 87.4 Å². The van der Waals surface area contributed by atoms with Gasteiger partial charge in [0.2, 0.25) is 0 Å². The van der Waals surface area contributed by atoms with Crippen molar-refractivity contribution in [1.82, 2.24) is 15.1 Å². The lowest BCUT2D eigenvalue weighted by Gasteiger charge is -2.13. The molecule has 2 aromatic carbocycles. The monoisotopic (exact) mass is 431 g/mol. The second kappa shape index (κ2) is 7.89. The highest BCUT2D eigenvalue weighted by Gasteiger charge is 2.28. The molecule has 5 nitrogen and oxygen atoms in total. The van der Waals surface area contributed by atoms with Crippen molar-refractivity contribution < 1.29 is 9.63 Å². The maximum Gasteiger partial charge on any atom is 0.175 e. The third kappa shape index (κ3) is 3.50. The van der Waals surface area contributed by atoms with Crippen molar-refractivity contribution in [2.75, 3.05) is 0 Å². The molecule has 0 fully saturated rings. The Kier molecular flexibility index (Phi) is 5.33. The van der Waals surface area contributed by atoms with Crippen LogP contribution in [0.5, 0.6) is 0 Å². The minimum Gasteiger partial charge on any atom is -0.383 e. The Bertz CT molecular complexity index is 1130. The molecule has 1 N–H and O–H groups in total. The van der Waals surface area contributed by atoms with E-state index < -0.39 is 6.10 Å². The van der Waals surface area contributed by atoms with Crippen LogP contribution in [0.1, 0.15) is 17.2 Å². The molecule has 0 aliphatic carbocycles. The summed E-state index contributed by atoms with van der Waals surface area (Å²) in [6.07, 6.45) is 3.32. The zero-order valence-electron chi connectivity index (χ0n) is 14.2. The molecule has 4 aromatic rings. The quantitative estimate of drug-likeness (QED) is 0.438. The number of halogens is 3. The van der Waals surface area contributed by atoms with Gasteiger partial charge in [0.25, 0.3) is 0 Å². The van der Waals surface area contributed by atoms with E-state index in [0.717, 1.165) is 0 Å². The third-order valence-corrected chi connectivity index (χ3v) is 5.08. The summed E-state index contributed by atoms with van der Waals surface area (Å²) in [6, 6.07) is 12.2. The topological polar surface area (TPSA) is 72.0 Å². The van der Waals surface area contributed by atoms with Gasteiger partial charge in [-0.1, -0.05) is 52.1 Å². The lowest BCUT2D eigenvalue weighted by atomic mass is 9.95. The van der Waals surface area contributed by atoms with Crippen molar-refractivity contribution >= 4 is 34.8 Å². The highest BCUT2D eigenvalue weighted by Crippen LogP contribution is 2.42. The second-order valence-corrected chi connectivity index (χ2v) is 7.20. The van der Waals surface area contributed by atoms with E-state index in [1.807, 2.05) is 6.07 Å². The van der Waals surface area contributed by atoms with Crippen LogP contribution in [0.25, 0.3) is 22.6 Å². The summed E-state index contributed by atoms with van der Waals surface area (Å²) in [5, 5.41) is 16.6. The molecule has 0 aliphatic heterocycles. The Morgan fingerprint density at radius 1 is 0.893 bits per heavy atom. The third-order valence-electron chi connectivity index (χ3n) is 4.20. The smallest absolute Gasteiger partial charge is 0.175 e. The van der Waals surface area contributed by atoms with E-state index in [9.17, 15) is 5.11 Å². The number of rotatable bonds is 4. The summed E-state index contributed by atoms with van der Waals surface area (Å²) >= 11 is 18.7. The maximum atomic E-state index is 11.1. The van der Waals surface area contributed by atoms with E-state index in [1.54, 1.807) is 36.4 Å². The van der Waals surface area contributed by atoms with Gasteiger partial charge in [-0.2, -0.15) is 0 Å². The lowest BCUT2D eigenvalue weighted by Crippen LogP contribution is -2.03. The molecule has 0 radical (unpaired) electrons. The molecule has 0 saturated heterocycles. The van der Waals surface area contributed by atoms with Gasteiger partial charge in [0.1, 0.15) is 18.1 Å². The van der Waals surface area contributed by atoms with Gasteiger partial charge >= 0.3 is 0 Å². The molecule has 0 bridgehead atoms. The highest BCUT2D eigenvalue weighted by molar-refractivity contribution is 6.36. The Morgan fingerprint density at radius 2 is 1.64 bits per heavy atom. The average Bonchev–Trinajstić information content (AvgIpc) is 3.13. The first-order valence-electron chi connectivity index (χ1n) is 8.19. The first kappa shape index (κ1) is 18.9. The van der Waals surface area contributed by atoms with E-state index in [-0.39, 0.29) is 0 Å². The van der Waals surface area contributed by atoms with Crippen LogP contribution < -0.4 is 0 Å². The number of aliphatic hydroxyl groups excluding tert-OH is 1. The molecule has 28 heavy (non-hydrogen) atoms. The Labute approximate surface area is 175 Å². The van der Waals surface area contributed by atoms with Gasteiger partial charge in [0.15, 0.2) is 5.76 Å². The van der Waals surface area contributed by atoms with Crippen LogP contribution in [-0.4, -0.2) is 20.2 Å². The molecule has 4 rings (SSSR count). The molecular weight excluding hydrogens is 421 g/mol. The van der Waals surface area contributed by atoms with E-state index in [0.29, 0.717) is 48.8 Å². The zero-order valence-corrected chi connectivity index (χ0v) is 16.4. The van der Waals surface area contributed by atoms with Crippen molar-refractivity contribution in [3.8, 4) is 22.6 Å². The number of benzene rings is 2. The summed E-state index contributed by atoms with van der Waals surface area (Å²) in [5.74, 6) is 0.336. The largest absolute Gasteiger partial charge is 0.383 e. The van der Waals surface area contributed by atoms with E-state index >= 15 is 0 Å². The first-order valence-corrected chi connectivity index (χ1v) is 9.32. The fraction of sp³-hybridized carbons (Fsp3) is 0.0500. The molecule has 1 atom stereocenters. The number of hydrogen-bond acceptors (Lipinski definition) is 5. The van der Waals surface area contributed by atoms with Crippen LogP contribution in [0.15, 0.2) is 65.7 Å². The second-order valence-electron chi connectivity index (χ2n) is 5.95. The molecule has 2 heterocycles. The van der Waals surface area contributed by atoms with Crippen molar-refractivity contribution in [2.24, 2.45) is 0 Å². The van der Waals surface area contributed by atoms with Gasteiger partial charge in [-0.25, -0.2) is 9.97 Å². The SMILES string of the molecule is OC(c1cncnc1)c1c(-c2ccc(Cl)cc2Cl)noc1-c1ccccc1Cl. The molecule has 0 amide bonds. The van der Waals surface area contributed by atoms with E-state index in [4.69, 9.17) is 39.3 Å². The zero-order chi connectivity index (χ0) is 19.7. The Hall–Kier alpha value is -2.44. The van der Waals surface area contributed by atoms with Crippen LogP contribution in [0.3, 0.4) is 0 Å². The standard InChI is InChI=1S/C20H12Cl3N3O2/c21-12-5-6-13(16(23)7-12)18-17(19(27)11-8-24-10-25-9-11)20(28-26-18)14-3-1-2-4-15(14)22/h1-10,19,27H. The summed E-state index contributed by atoms with van der Waals surface area (Å²) in [4.78, 5) is 7.95. The van der Waals surface area contributed by atoms with E-state index in [1.165, 1.54) is 18.7 Å². The molecule has 8 heteroatoms. The Balaban J connectivity index is 1.96. The maximum absolute atomic E-state index is 11.1. The van der Waals surface area contributed by atoms with Crippen LogP contribution in [0.2, 0.25) is 15.1 Å². The van der Waals surface area contributed by atoms with E-state index in [2.05, 4.69) is 15.1 Å². The van der Waals surface area contributed by atoms with Gasteiger partial charge in [-0.15, -0.1) is 0 Å². The fourth-order valence-corrected chi connectivity index (χ4v) is 3.60. The van der Waals surface area contributed by atoms with Crippen LogP contribution in [-0.2, 0) is 0 Å². The van der Waals surface area contributed by atoms with Gasteiger partial charge in [0, 0.05) is 34.1 Å². The van der Waals surface area contributed by atoms with Crippen LogP contribution >= 0.6 is 34.8 Å². The summed E-state index contributed by atoms with van der Waals surface area (Å²) < 4.78 is 5.62. The first-order chi connectivity index (χ1) is 13.6. The predicted molar refractivity (Wildman–Crippen MR) is 108 cm³/mol. The Morgan fingerprint density at radius 3 is 2.36 bits per heavy atom. The summed E-state index contributed by atoms with van der Waals surface area (Å²) in [5.41, 5.74) is 2.43. The van der Waals surface area contributed by atoms with Gasteiger partial charge in [0.05, 0.1) is 15.6 Å². The number of nitrogens with zero attached hydrogens (tertiary/aromatic N) is 3. The van der Waals surface area contributed by atoms with Crippen molar-refractivity contribution in [3.63, 3.8) is 0 Å². The normalized spacial score (nSPS) is 12.1. The molecule has 0 saturated carbocycles. The molecular formula is C20H12Cl3N3O2. The lowest BCUT2D eigenvalue weighted by molar-refractivity contribution is 0.219. The average molecular weight is 433 g/mol. The molecule has 0 spiro atoms. The fourth-order valence-electron chi connectivity index (χ4n) is 2.88. The van der Waals surface area contributed by atoms with Crippen LogP contribution in [0, 0.1) is 0 Å². The summed E-state index contributed by atoms with van der Waals surface area (Å²) in [6.45, 7) is 0. The number of hydrogen-bond donors (Lipinski definition) is 1. The van der Waals surface area contributed by atoms with Crippen molar-refractivity contribution in [1.29, 1.82) is 0 Å². The number of aliphatic hydroxyl groups is 1. The predicted octanol–water partition coefficient (Wildman–Crippen LogP) is 5.84. The molecule has 140 valence electrons. The van der Waals surface area contributed by atoms with Crippen molar-refractivity contribution in [2.45, 2.75) is 6.10 Å². The van der Waals surface area contributed by atoms with Crippen LogP contribution in [0.4, 0.5) is 0 Å². The number of aromatic nitrogens is 3. The van der Waals surface area contributed by atoms with Gasteiger partial charge < -0.3 is 9.63 Å². The molecule has 0 aliphatic rings. The highest BCUT2D eigenvalue weighted by atomic mass is 35.5. The van der Waals surface area contributed by atoms with Gasteiger partial charge in [-0.3, -0.25) is 0 Å². The minimum absolute atomic E-state index is 0.336. The molecule has 2 aromatic heterocycles. The minimum atomic E-state index is -1.11. The summed E-state index contributed by atoms with van der Waals surface area (Å²) in [7, 11) is 0. The van der Waals surface area contributed by atoms with Gasteiger partial charge in [-0.05, 0) is 30.3 Å². The molecule has 1 unspecified atom stereocenters.